The number of aromatic nitrogens is 2. The molecule has 6 nitrogen and oxygen atoms in total. The van der Waals surface area contributed by atoms with Gasteiger partial charge in [0, 0.05) is 12.5 Å². The number of halogens is 2. The van der Waals surface area contributed by atoms with Crippen LogP contribution in [0.4, 0.5) is 8.78 Å². The molecule has 1 saturated heterocycles. The van der Waals surface area contributed by atoms with Crippen LogP contribution in [0.25, 0.3) is 0 Å². The predicted octanol–water partition coefficient (Wildman–Crippen LogP) is 0.986. The molecular formula is C12H19F2N3O3. The van der Waals surface area contributed by atoms with Gasteiger partial charge >= 0.3 is 0 Å². The molecule has 1 aromatic rings. The van der Waals surface area contributed by atoms with Crippen molar-refractivity contribution in [3.63, 3.8) is 0 Å². The summed E-state index contributed by atoms with van der Waals surface area (Å²) in [4.78, 5) is 4.28. The normalized spacial score (nSPS) is 22.8. The average Bonchev–Trinajstić information content (AvgIpc) is 3.03. The van der Waals surface area contributed by atoms with E-state index in [1.807, 2.05) is 6.92 Å². The van der Waals surface area contributed by atoms with Gasteiger partial charge in [-0.1, -0.05) is 12.1 Å². The van der Waals surface area contributed by atoms with E-state index in [9.17, 15) is 8.78 Å². The fourth-order valence-corrected chi connectivity index (χ4v) is 2.12. The Morgan fingerprint density at radius 3 is 3.05 bits per heavy atom. The Kier molecular flexibility index (Phi) is 5.81. The van der Waals surface area contributed by atoms with Gasteiger partial charge in [0.15, 0.2) is 5.82 Å². The van der Waals surface area contributed by atoms with Crippen molar-refractivity contribution in [2.45, 2.75) is 31.7 Å². The second-order valence-electron chi connectivity index (χ2n) is 4.57. The van der Waals surface area contributed by atoms with Crippen LogP contribution in [-0.2, 0) is 15.9 Å². The second kappa shape index (κ2) is 7.61. The summed E-state index contributed by atoms with van der Waals surface area (Å²) in [6, 6.07) is 0.170. The third kappa shape index (κ3) is 4.19. The smallest absolute Gasteiger partial charge is 0.261 e. The number of nitrogens with zero attached hydrogens (tertiary/aromatic N) is 2. The molecule has 1 fully saturated rings. The number of hydrogen-bond donors (Lipinski definition) is 1. The fourth-order valence-electron chi connectivity index (χ4n) is 2.12. The average molecular weight is 291 g/mol. The van der Waals surface area contributed by atoms with Crippen molar-refractivity contribution in [1.29, 1.82) is 0 Å². The molecule has 114 valence electrons. The zero-order valence-corrected chi connectivity index (χ0v) is 11.3. The summed E-state index contributed by atoms with van der Waals surface area (Å²) in [5.41, 5.74) is 0. The minimum atomic E-state index is -2.45. The fraction of sp³-hybridized carbons (Fsp3) is 0.833. The molecular weight excluding hydrogens is 272 g/mol. The summed E-state index contributed by atoms with van der Waals surface area (Å²) in [6.07, 6.45) is -2.09. The monoisotopic (exact) mass is 291 g/mol. The highest BCUT2D eigenvalue weighted by Crippen LogP contribution is 2.24. The first-order valence-corrected chi connectivity index (χ1v) is 6.70. The van der Waals surface area contributed by atoms with E-state index in [-0.39, 0.29) is 18.6 Å². The molecule has 1 aliphatic rings. The van der Waals surface area contributed by atoms with Gasteiger partial charge in [-0.05, 0) is 6.54 Å². The molecule has 0 spiro atoms. The highest BCUT2D eigenvalue weighted by molar-refractivity contribution is 5.02. The van der Waals surface area contributed by atoms with E-state index in [4.69, 9.17) is 14.0 Å². The standard InChI is InChI=1S/C12H19F2N3O3/c1-2-15-9-6-19-5-8(9)12-16-11(17-20-12)3-4-18-7-10(13)14/h8-10,15H,2-7H2,1H3. The minimum absolute atomic E-state index is 0.0400. The Labute approximate surface area is 115 Å². The van der Waals surface area contributed by atoms with Gasteiger partial charge in [-0.25, -0.2) is 8.78 Å². The number of alkyl halides is 2. The van der Waals surface area contributed by atoms with E-state index in [1.54, 1.807) is 0 Å². The van der Waals surface area contributed by atoms with Crippen LogP contribution in [-0.4, -0.2) is 55.6 Å². The van der Waals surface area contributed by atoms with Gasteiger partial charge in [-0.15, -0.1) is 0 Å². The molecule has 0 bridgehead atoms. The minimum Gasteiger partial charge on any atom is -0.379 e. The van der Waals surface area contributed by atoms with E-state index < -0.39 is 13.0 Å². The number of ether oxygens (including phenoxy) is 2. The SMILES string of the molecule is CCNC1COCC1c1nc(CCOCC(F)F)no1. The van der Waals surface area contributed by atoms with Crippen LogP contribution in [0.1, 0.15) is 24.6 Å². The Hall–Kier alpha value is -1.12. The van der Waals surface area contributed by atoms with Gasteiger partial charge in [0.1, 0.15) is 6.61 Å². The number of hydrogen-bond acceptors (Lipinski definition) is 6. The van der Waals surface area contributed by atoms with Crippen LogP contribution in [0.5, 0.6) is 0 Å². The topological polar surface area (TPSA) is 69.4 Å². The molecule has 2 heterocycles. The van der Waals surface area contributed by atoms with Crippen LogP contribution in [0.15, 0.2) is 4.52 Å². The summed E-state index contributed by atoms with van der Waals surface area (Å²) in [5, 5.41) is 7.14. The summed E-state index contributed by atoms with van der Waals surface area (Å²) in [5.74, 6) is 1.03. The first kappa shape index (κ1) is 15.3. The molecule has 2 atom stereocenters. The van der Waals surface area contributed by atoms with Crippen LogP contribution in [0, 0.1) is 0 Å². The van der Waals surface area contributed by atoms with Crippen molar-refractivity contribution in [1.82, 2.24) is 15.5 Å². The molecule has 2 rings (SSSR count). The Morgan fingerprint density at radius 2 is 2.30 bits per heavy atom. The number of nitrogens with one attached hydrogen (secondary N) is 1. The maximum absolute atomic E-state index is 11.9. The van der Waals surface area contributed by atoms with Crippen LogP contribution in [0.2, 0.25) is 0 Å². The van der Waals surface area contributed by atoms with Gasteiger partial charge < -0.3 is 19.3 Å². The lowest BCUT2D eigenvalue weighted by Crippen LogP contribution is -2.34. The van der Waals surface area contributed by atoms with Crippen LogP contribution < -0.4 is 5.32 Å². The van der Waals surface area contributed by atoms with E-state index in [2.05, 4.69) is 15.5 Å². The Morgan fingerprint density at radius 1 is 1.45 bits per heavy atom. The molecule has 1 N–H and O–H groups in total. The van der Waals surface area contributed by atoms with Gasteiger partial charge in [-0.3, -0.25) is 0 Å². The highest BCUT2D eigenvalue weighted by atomic mass is 19.3. The highest BCUT2D eigenvalue weighted by Gasteiger charge is 2.33. The quantitative estimate of drug-likeness (QED) is 0.720. The molecule has 1 aliphatic heterocycles. The molecule has 1 aromatic heterocycles. The van der Waals surface area contributed by atoms with Crippen LogP contribution >= 0.6 is 0 Å². The molecule has 20 heavy (non-hydrogen) atoms. The number of rotatable bonds is 8. The van der Waals surface area contributed by atoms with Crippen molar-refractivity contribution in [3.05, 3.63) is 11.7 Å². The van der Waals surface area contributed by atoms with E-state index in [0.717, 1.165) is 6.54 Å². The van der Waals surface area contributed by atoms with Crippen molar-refractivity contribution in [2.75, 3.05) is 33.0 Å². The zero-order chi connectivity index (χ0) is 14.4. The van der Waals surface area contributed by atoms with Crippen molar-refractivity contribution < 1.29 is 22.8 Å². The van der Waals surface area contributed by atoms with E-state index in [1.165, 1.54) is 0 Å². The van der Waals surface area contributed by atoms with Gasteiger partial charge in [-0.2, -0.15) is 4.98 Å². The van der Waals surface area contributed by atoms with Gasteiger partial charge in [0.25, 0.3) is 6.43 Å². The Bertz CT molecular complexity index is 403. The van der Waals surface area contributed by atoms with Crippen LogP contribution in [0.3, 0.4) is 0 Å². The molecule has 0 saturated carbocycles. The molecule has 8 heteroatoms. The first-order chi connectivity index (χ1) is 9.70. The third-order valence-corrected chi connectivity index (χ3v) is 3.06. The molecule has 0 radical (unpaired) electrons. The molecule has 0 aliphatic carbocycles. The lowest BCUT2D eigenvalue weighted by molar-refractivity contribution is 0.0182. The second-order valence-corrected chi connectivity index (χ2v) is 4.57. The molecule has 0 amide bonds. The van der Waals surface area contributed by atoms with Gasteiger partial charge in [0.05, 0.1) is 25.7 Å². The van der Waals surface area contributed by atoms with Gasteiger partial charge in [0.2, 0.25) is 5.89 Å². The maximum atomic E-state index is 11.9. The van der Waals surface area contributed by atoms with Crippen molar-refractivity contribution in [2.24, 2.45) is 0 Å². The summed E-state index contributed by atoms with van der Waals surface area (Å²) in [7, 11) is 0. The van der Waals surface area contributed by atoms with E-state index >= 15 is 0 Å². The summed E-state index contributed by atoms with van der Waals surface area (Å²) in [6.45, 7) is 3.61. The Balaban J connectivity index is 1.82. The van der Waals surface area contributed by atoms with E-state index in [0.29, 0.717) is 31.3 Å². The summed E-state index contributed by atoms with van der Waals surface area (Å²) >= 11 is 0. The lowest BCUT2D eigenvalue weighted by atomic mass is 10.0. The third-order valence-electron chi connectivity index (χ3n) is 3.06. The first-order valence-electron chi connectivity index (χ1n) is 6.70. The lowest BCUT2D eigenvalue weighted by Gasteiger charge is -2.13. The maximum Gasteiger partial charge on any atom is 0.261 e. The summed E-state index contributed by atoms with van der Waals surface area (Å²) < 4.78 is 39.2. The number of likely N-dealkylation sites (N-methyl/N-ethyl adjacent to an activating group) is 1. The predicted molar refractivity (Wildman–Crippen MR) is 65.8 cm³/mol. The van der Waals surface area contributed by atoms with Crippen molar-refractivity contribution in [3.8, 4) is 0 Å². The molecule has 0 aromatic carbocycles. The molecule has 2 unspecified atom stereocenters. The largest absolute Gasteiger partial charge is 0.379 e. The zero-order valence-electron chi connectivity index (χ0n) is 11.3. The van der Waals surface area contributed by atoms with Crippen molar-refractivity contribution >= 4 is 0 Å².